The topological polar surface area (TPSA) is 51.2 Å². The van der Waals surface area contributed by atoms with Crippen molar-refractivity contribution in [1.29, 1.82) is 0 Å². The number of nitrogens with zero attached hydrogens (tertiary/aromatic N) is 1. The zero-order valence-electron chi connectivity index (χ0n) is 8.29. The summed E-state index contributed by atoms with van der Waals surface area (Å²) in [7, 11) is 1.46. The molecule has 1 atom stereocenters. The van der Waals surface area contributed by atoms with Gasteiger partial charge in [-0.15, -0.1) is 0 Å². The van der Waals surface area contributed by atoms with Crippen LogP contribution in [0, 0.1) is 5.82 Å². The van der Waals surface area contributed by atoms with Gasteiger partial charge in [-0.25, -0.2) is 4.39 Å². The average molecular weight is 210 g/mol. The van der Waals surface area contributed by atoms with Gasteiger partial charge in [-0.05, 0) is 0 Å². The van der Waals surface area contributed by atoms with Gasteiger partial charge in [0.05, 0.1) is 19.0 Å². The summed E-state index contributed by atoms with van der Waals surface area (Å²) in [4.78, 5) is 14.9. The van der Waals surface area contributed by atoms with Crippen molar-refractivity contribution in [2.45, 2.75) is 12.3 Å². The van der Waals surface area contributed by atoms with E-state index in [9.17, 15) is 9.18 Å². The van der Waals surface area contributed by atoms with E-state index in [4.69, 9.17) is 4.74 Å². The Hall–Kier alpha value is -1.65. The number of methoxy groups -OCH3 is 1. The number of pyridine rings is 1. The van der Waals surface area contributed by atoms with Crippen molar-refractivity contribution in [2.75, 3.05) is 13.7 Å². The van der Waals surface area contributed by atoms with E-state index in [-0.39, 0.29) is 11.8 Å². The second-order valence-electron chi connectivity index (χ2n) is 3.45. The smallest absolute Gasteiger partial charge is 0.220 e. The molecule has 0 unspecified atom stereocenters. The van der Waals surface area contributed by atoms with E-state index < -0.39 is 5.82 Å². The van der Waals surface area contributed by atoms with Crippen LogP contribution in [0.5, 0.6) is 5.75 Å². The third-order valence-electron chi connectivity index (χ3n) is 2.44. The molecule has 1 aromatic rings. The van der Waals surface area contributed by atoms with Crippen LogP contribution in [0.2, 0.25) is 0 Å². The molecule has 0 saturated carbocycles. The number of carbonyl (C=O) groups is 1. The van der Waals surface area contributed by atoms with Gasteiger partial charge in [0, 0.05) is 24.9 Å². The van der Waals surface area contributed by atoms with Gasteiger partial charge >= 0.3 is 0 Å². The Morgan fingerprint density at radius 1 is 1.67 bits per heavy atom. The highest BCUT2D eigenvalue weighted by atomic mass is 19.1. The molecule has 1 saturated heterocycles. The summed E-state index contributed by atoms with van der Waals surface area (Å²) in [5.74, 6) is -0.259. The molecule has 1 aromatic heterocycles. The van der Waals surface area contributed by atoms with E-state index in [1.807, 2.05) is 0 Å². The highest BCUT2D eigenvalue weighted by Gasteiger charge is 2.26. The number of nitrogens with one attached hydrogen (secondary N) is 1. The van der Waals surface area contributed by atoms with Crippen LogP contribution in [0.3, 0.4) is 0 Å². The lowest BCUT2D eigenvalue weighted by atomic mass is 10.0. The molecule has 4 nitrogen and oxygen atoms in total. The van der Waals surface area contributed by atoms with Crippen molar-refractivity contribution in [3.8, 4) is 5.75 Å². The second kappa shape index (κ2) is 3.84. The molecule has 80 valence electrons. The third kappa shape index (κ3) is 1.91. The SMILES string of the molecule is COc1cnc([C@@H]2CNC(=O)C2)c(F)c1. The fourth-order valence-electron chi connectivity index (χ4n) is 1.64. The summed E-state index contributed by atoms with van der Waals surface area (Å²) in [6.07, 6.45) is 1.76. The van der Waals surface area contributed by atoms with Crippen LogP contribution >= 0.6 is 0 Å². The van der Waals surface area contributed by atoms with Crippen LogP contribution in [-0.2, 0) is 4.79 Å². The summed E-state index contributed by atoms with van der Waals surface area (Å²) in [6.45, 7) is 0.453. The molecule has 1 aliphatic heterocycles. The van der Waals surface area contributed by atoms with Crippen molar-refractivity contribution < 1.29 is 13.9 Å². The maximum atomic E-state index is 13.5. The maximum absolute atomic E-state index is 13.5. The zero-order valence-corrected chi connectivity index (χ0v) is 8.29. The first kappa shape index (κ1) is 9.89. The molecule has 1 aliphatic rings. The molecule has 0 spiro atoms. The predicted octanol–water partition coefficient (Wildman–Crippen LogP) is 0.833. The zero-order chi connectivity index (χ0) is 10.8. The van der Waals surface area contributed by atoms with Gasteiger partial charge in [0.15, 0.2) is 0 Å². The van der Waals surface area contributed by atoms with Gasteiger partial charge in [-0.1, -0.05) is 0 Å². The molecule has 2 heterocycles. The van der Waals surface area contributed by atoms with Gasteiger partial charge in [0.1, 0.15) is 11.6 Å². The molecule has 0 radical (unpaired) electrons. The average Bonchev–Trinajstić information content (AvgIpc) is 2.64. The Balaban J connectivity index is 2.25. The molecule has 1 amide bonds. The lowest BCUT2D eigenvalue weighted by Crippen LogP contribution is -2.14. The summed E-state index contributed by atoms with van der Waals surface area (Å²) in [6, 6.07) is 1.28. The highest BCUT2D eigenvalue weighted by molar-refractivity contribution is 5.79. The van der Waals surface area contributed by atoms with Crippen molar-refractivity contribution in [3.63, 3.8) is 0 Å². The van der Waals surface area contributed by atoms with Crippen LogP contribution in [-0.4, -0.2) is 24.5 Å². The van der Waals surface area contributed by atoms with Crippen LogP contribution in [0.15, 0.2) is 12.3 Å². The summed E-state index contributed by atoms with van der Waals surface area (Å²) < 4.78 is 18.4. The third-order valence-corrected chi connectivity index (χ3v) is 2.44. The molecular formula is C10H11FN2O2. The van der Waals surface area contributed by atoms with Crippen molar-refractivity contribution >= 4 is 5.91 Å². The number of halogens is 1. The maximum Gasteiger partial charge on any atom is 0.220 e. The number of carbonyl (C=O) groups excluding carboxylic acids is 1. The molecular weight excluding hydrogens is 199 g/mol. The van der Waals surface area contributed by atoms with Crippen LogP contribution in [0.25, 0.3) is 0 Å². The fraction of sp³-hybridized carbons (Fsp3) is 0.400. The standard InChI is InChI=1S/C10H11FN2O2/c1-15-7-3-8(11)10(13-5-7)6-2-9(14)12-4-6/h3,5-6H,2,4H2,1H3,(H,12,14)/t6-/m0/s1. The fourth-order valence-corrected chi connectivity index (χ4v) is 1.64. The number of hydrogen-bond acceptors (Lipinski definition) is 3. The van der Waals surface area contributed by atoms with Crippen molar-refractivity contribution in [1.82, 2.24) is 10.3 Å². The van der Waals surface area contributed by atoms with Crippen LogP contribution in [0.4, 0.5) is 4.39 Å². The molecule has 0 aromatic carbocycles. The van der Waals surface area contributed by atoms with E-state index in [2.05, 4.69) is 10.3 Å². The quantitative estimate of drug-likeness (QED) is 0.786. The van der Waals surface area contributed by atoms with Crippen molar-refractivity contribution in [3.05, 3.63) is 23.8 Å². The molecule has 0 bridgehead atoms. The Bertz CT molecular complexity index is 395. The van der Waals surface area contributed by atoms with Gasteiger partial charge < -0.3 is 10.1 Å². The molecule has 15 heavy (non-hydrogen) atoms. The minimum Gasteiger partial charge on any atom is -0.495 e. The van der Waals surface area contributed by atoms with Gasteiger partial charge in [0.25, 0.3) is 0 Å². The number of aromatic nitrogens is 1. The van der Waals surface area contributed by atoms with Crippen LogP contribution < -0.4 is 10.1 Å². The minimum absolute atomic E-state index is 0.0583. The first-order chi connectivity index (χ1) is 7.20. The number of ether oxygens (including phenoxy) is 1. The van der Waals surface area contributed by atoms with E-state index in [1.54, 1.807) is 0 Å². The normalized spacial score (nSPS) is 20.1. The van der Waals surface area contributed by atoms with Gasteiger partial charge in [-0.2, -0.15) is 0 Å². The van der Waals surface area contributed by atoms with E-state index in [0.29, 0.717) is 24.4 Å². The first-order valence-electron chi connectivity index (χ1n) is 4.67. The Kier molecular flexibility index (Phi) is 2.53. The Labute approximate surface area is 86.5 Å². The number of rotatable bonds is 2. The lowest BCUT2D eigenvalue weighted by Gasteiger charge is -2.08. The largest absolute Gasteiger partial charge is 0.495 e. The van der Waals surface area contributed by atoms with Gasteiger partial charge in [0.2, 0.25) is 5.91 Å². The van der Waals surface area contributed by atoms with E-state index in [0.717, 1.165) is 0 Å². The second-order valence-corrected chi connectivity index (χ2v) is 3.45. The molecule has 1 N–H and O–H groups in total. The lowest BCUT2D eigenvalue weighted by molar-refractivity contribution is -0.119. The van der Waals surface area contributed by atoms with Crippen molar-refractivity contribution in [2.24, 2.45) is 0 Å². The van der Waals surface area contributed by atoms with Crippen LogP contribution in [0.1, 0.15) is 18.0 Å². The summed E-state index contributed by atoms with van der Waals surface area (Å²) >= 11 is 0. The molecule has 0 aliphatic carbocycles. The van der Waals surface area contributed by atoms with E-state index >= 15 is 0 Å². The Morgan fingerprint density at radius 2 is 2.47 bits per heavy atom. The molecule has 1 fully saturated rings. The monoisotopic (exact) mass is 210 g/mol. The van der Waals surface area contributed by atoms with E-state index in [1.165, 1.54) is 19.4 Å². The summed E-state index contributed by atoms with van der Waals surface area (Å²) in [5, 5.41) is 2.65. The number of amides is 1. The minimum atomic E-state index is -0.421. The highest BCUT2D eigenvalue weighted by Crippen LogP contribution is 2.25. The molecule has 5 heteroatoms. The Morgan fingerprint density at radius 3 is 3.00 bits per heavy atom. The predicted molar refractivity (Wildman–Crippen MR) is 51.1 cm³/mol. The first-order valence-corrected chi connectivity index (χ1v) is 4.67. The van der Waals surface area contributed by atoms with Gasteiger partial charge in [-0.3, -0.25) is 9.78 Å². The molecule has 2 rings (SSSR count). The number of hydrogen-bond donors (Lipinski definition) is 1. The summed E-state index contributed by atoms with van der Waals surface area (Å²) in [5.41, 5.74) is 0.328.